The molecule has 1 aromatic heterocycles. The van der Waals surface area contributed by atoms with Crippen molar-refractivity contribution in [3.63, 3.8) is 0 Å². The summed E-state index contributed by atoms with van der Waals surface area (Å²) in [4.78, 5) is 13.9. The molecule has 8 nitrogen and oxygen atoms in total. The van der Waals surface area contributed by atoms with Gasteiger partial charge in [0.15, 0.2) is 0 Å². The maximum atomic E-state index is 13.9. The number of carbonyl (C=O) groups is 1. The number of aromatic nitrogens is 2. The Morgan fingerprint density at radius 1 is 1.14 bits per heavy atom. The van der Waals surface area contributed by atoms with Crippen LogP contribution in [-0.4, -0.2) is 48.9 Å². The SMILES string of the molecule is C/C(NCOCC[Si](C)(C)C)=C(/C(=N)C1CC1)c1ccc(NC(=O)[C@H]2NC(c3ccnn3C(C)C)=C3CC3C2C2CC2)cc1. The van der Waals surface area contributed by atoms with Gasteiger partial charge in [-0.3, -0.25) is 9.48 Å². The number of nitrogens with zero attached hydrogens (tertiary/aromatic N) is 2. The van der Waals surface area contributed by atoms with Gasteiger partial charge in [0.2, 0.25) is 5.91 Å². The fourth-order valence-electron chi connectivity index (χ4n) is 6.68. The van der Waals surface area contributed by atoms with Crippen molar-refractivity contribution in [2.75, 3.05) is 18.7 Å². The van der Waals surface area contributed by atoms with E-state index in [9.17, 15) is 4.79 Å². The molecule has 3 aliphatic carbocycles. The van der Waals surface area contributed by atoms with Crippen molar-refractivity contribution in [2.45, 2.75) is 90.6 Å². The Balaban J connectivity index is 1.15. The Morgan fingerprint density at radius 2 is 1.86 bits per heavy atom. The third-order valence-corrected chi connectivity index (χ3v) is 11.3. The Bertz CT molecular complexity index is 1460. The summed E-state index contributed by atoms with van der Waals surface area (Å²) in [5, 5.41) is 23.8. The van der Waals surface area contributed by atoms with E-state index in [0.29, 0.717) is 36.1 Å². The molecule has 0 radical (unpaired) electrons. The van der Waals surface area contributed by atoms with Crippen molar-refractivity contribution in [1.82, 2.24) is 20.4 Å². The molecule has 4 N–H and O–H groups in total. The van der Waals surface area contributed by atoms with Gasteiger partial charge in [-0.2, -0.15) is 5.10 Å². The van der Waals surface area contributed by atoms with Gasteiger partial charge in [-0.1, -0.05) is 31.8 Å². The summed E-state index contributed by atoms with van der Waals surface area (Å²) in [7, 11) is -1.13. The molecule has 2 heterocycles. The van der Waals surface area contributed by atoms with Crippen LogP contribution in [0.1, 0.15) is 70.2 Å². The molecule has 236 valence electrons. The predicted octanol–water partition coefficient (Wildman–Crippen LogP) is 6.89. The minimum absolute atomic E-state index is 0.0310. The second-order valence-corrected chi connectivity index (χ2v) is 20.4. The Hall–Kier alpha value is -3.17. The van der Waals surface area contributed by atoms with Crippen LogP contribution in [0, 0.1) is 29.1 Å². The van der Waals surface area contributed by atoms with Crippen molar-refractivity contribution >= 4 is 36.7 Å². The summed E-state index contributed by atoms with van der Waals surface area (Å²) in [6, 6.07) is 11.2. The fraction of sp³-hybridized carbons (Fsp3) is 0.571. The van der Waals surface area contributed by atoms with Gasteiger partial charge >= 0.3 is 0 Å². The van der Waals surface area contributed by atoms with E-state index in [1.807, 2.05) is 37.4 Å². The average molecular weight is 615 g/mol. The third-order valence-electron chi connectivity index (χ3n) is 9.57. The highest BCUT2D eigenvalue weighted by molar-refractivity contribution is 6.76. The van der Waals surface area contributed by atoms with Crippen LogP contribution >= 0.6 is 0 Å². The summed E-state index contributed by atoms with van der Waals surface area (Å²) in [5.74, 6) is 1.81. The lowest BCUT2D eigenvalue weighted by Gasteiger charge is -2.33. The molecule has 1 amide bonds. The first-order chi connectivity index (χ1) is 21.0. The van der Waals surface area contributed by atoms with Gasteiger partial charge in [-0.25, -0.2) is 0 Å². The highest BCUT2D eigenvalue weighted by Gasteiger charge is 2.55. The molecule has 1 aromatic carbocycles. The normalized spacial score (nSPS) is 23.6. The maximum Gasteiger partial charge on any atom is 0.247 e. The molecule has 6 rings (SSSR count). The molecule has 1 aliphatic heterocycles. The number of anilines is 1. The van der Waals surface area contributed by atoms with E-state index in [4.69, 9.17) is 10.1 Å². The molecule has 9 heteroatoms. The number of fused-ring (bicyclic) bond motifs is 1. The molecule has 3 saturated carbocycles. The lowest BCUT2D eigenvalue weighted by atomic mass is 9.85. The summed E-state index contributed by atoms with van der Waals surface area (Å²) < 4.78 is 7.94. The number of carbonyl (C=O) groups excluding carboxylic acids is 1. The van der Waals surface area contributed by atoms with Crippen LogP contribution in [0.4, 0.5) is 5.69 Å². The van der Waals surface area contributed by atoms with Gasteiger partial charge in [0.1, 0.15) is 12.8 Å². The summed E-state index contributed by atoms with van der Waals surface area (Å²) in [5.41, 5.74) is 8.02. The second-order valence-electron chi connectivity index (χ2n) is 14.8. The second kappa shape index (κ2) is 12.3. The first-order valence-corrected chi connectivity index (χ1v) is 20.3. The Labute approximate surface area is 263 Å². The molecule has 2 unspecified atom stereocenters. The summed E-state index contributed by atoms with van der Waals surface area (Å²) in [6.07, 6.45) is 7.51. The minimum atomic E-state index is -1.13. The molecule has 3 atom stereocenters. The van der Waals surface area contributed by atoms with E-state index in [0.717, 1.165) is 65.8 Å². The molecule has 44 heavy (non-hydrogen) atoms. The fourth-order valence-corrected chi connectivity index (χ4v) is 7.44. The van der Waals surface area contributed by atoms with Crippen LogP contribution in [0.3, 0.4) is 0 Å². The van der Waals surface area contributed by atoms with Gasteiger partial charge in [-0.05, 0) is 106 Å². The molecule has 3 fully saturated rings. The summed E-state index contributed by atoms with van der Waals surface area (Å²) in [6.45, 7) is 14.6. The Kier molecular flexibility index (Phi) is 8.63. The monoisotopic (exact) mass is 614 g/mol. The van der Waals surface area contributed by atoms with Crippen molar-refractivity contribution in [3.8, 4) is 0 Å². The zero-order valence-electron chi connectivity index (χ0n) is 27.3. The van der Waals surface area contributed by atoms with E-state index in [1.54, 1.807) is 0 Å². The average Bonchev–Trinajstić information content (AvgIpc) is 3.84. The smallest absolute Gasteiger partial charge is 0.247 e. The maximum absolute atomic E-state index is 13.9. The van der Waals surface area contributed by atoms with Crippen LogP contribution in [0.2, 0.25) is 25.7 Å². The summed E-state index contributed by atoms with van der Waals surface area (Å²) >= 11 is 0. The van der Waals surface area contributed by atoms with Crippen molar-refractivity contribution < 1.29 is 9.53 Å². The van der Waals surface area contributed by atoms with Crippen molar-refractivity contribution in [1.29, 1.82) is 5.41 Å². The first kappa shape index (κ1) is 30.8. The number of ether oxygens (including phenoxy) is 1. The molecular weight excluding hydrogens is 565 g/mol. The highest BCUT2D eigenvalue weighted by atomic mass is 28.3. The Morgan fingerprint density at radius 3 is 2.50 bits per heavy atom. The number of hydrogen-bond donors (Lipinski definition) is 4. The quantitative estimate of drug-likeness (QED) is 0.0803. The third kappa shape index (κ3) is 6.89. The molecule has 0 bridgehead atoms. The van der Waals surface area contributed by atoms with Crippen LogP contribution < -0.4 is 16.0 Å². The lowest BCUT2D eigenvalue weighted by Crippen LogP contribution is -2.48. The zero-order valence-corrected chi connectivity index (χ0v) is 28.3. The number of nitrogens with one attached hydrogen (secondary N) is 4. The minimum Gasteiger partial charge on any atom is -0.372 e. The van der Waals surface area contributed by atoms with Gasteiger partial charge < -0.3 is 26.1 Å². The number of hydrogen-bond acceptors (Lipinski definition) is 6. The number of allylic oxidation sites excluding steroid dienone is 3. The lowest BCUT2D eigenvalue weighted by molar-refractivity contribution is -0.119. The number of amides is 1. The van der Waals surface area contributed by atoms with Gasteiger partial charge in [0.05, 0.1) is 11.4 Å². The molecule has 4 aliphatic rings. The molecular formula is C35H50N6O2Si. The largest absolute Gasteiger partial charge is 0.372 e. The van der Waals surface area contributed by atoms with Gasteiger partial charge in [0.25, 0.3) is 0 Å². The van der Waals surface area contributed by atoms with E-state index in [2.05, 4.69) is 65.3 Å². The first-order valence-electron chi connectivity index (χ1n) is 16.6. The molecule has 0 spiro atoms. The van der Waals surface area contributed by atoms with E-state index < -0.39 is 8.07 Å². The van der Waals surface area contributed by atoms with Crippen LogP contribution in [0.5, 0.6) is 0 Å². The van der Waals surface area contributed by atoms with E-state index in [-0.39, 0.29) is 18.0 Å². The predicted molar refractivity (Wildman–Crippen MR) is 181 cm³/mol. The van der Waals surface area contributed by atoms with Gasteiger partial charge in [0, 0.05) is 55.5 Å². The topological polar surface area (TPSA) is 104 Å². The molecule has 2 aromatic rings. The van der Waals surface area contributed by atoms with Crippen molar-refractivity contribution in [3.05, 3.63) is 59.1 Å². The van der Waals surface area contributed by atoms with Gasteiger partial charge in [-0.15, -0.1) is 0 Å². The van der Waals surface area contributed by atoms with Crippen molar-refractivity contribution in [2.24, 2.45) is 23.7 Å². The van der Waals surface area contributed by atoms with Crippen LogP contribution in [0.15, 0.2) is 47.8 Å². The standard InChI is InChI=1S/C35H50N6O2Si/c1-21(2)41-29(15-16-38-41)33-28-19-27(28)31(24-7-8-24)34(40-33)35(42)39-26-13-11-23(12-14-26)30(32(36)25-9-10-25)22(3)37-20-43-17-18-44(4,5)6/h11-16,21,24-25,27,31,34,36-37,40H,7-10,17-20H2,1-6H3,(H,39,42)/b30-22-,36-32?/t27?,31?,34-/m0/s1. The number of benzene rings is 1. The van der Waals surface area contributed by atoms with E-state index in [1.165, 1.54) is 18.4 Å². The van der Waals surface area contributed by atoms with Crippen LogP contribution in [0.25, 0.3) is 11.3 Å². The van der Waals surface area contributed by atoms with Crippen LogP contribution in [-0.2, 0) is 9.53 Å². The van der Waals surface area contributed by atoms with E-state index >= 15 is 0 Å². The number of rotatable bonds is 14. The molecule has 0 saturated heterocycles. The zero-order chi connectivity index (χ0) is 31.2. The highest BCUT2D eigenvalue weighted by Crippen LogP contribution is 2.58.